The Morgan fingerprint density at radius 1 is 0.947 bits per heavy atom. The van der Waals surface area contributed by atoms with E-state index in [1.807, 2.05) is 27.7 Å². The van der Waals surface area contributed by atoms with Gasteiger partial charge in [0.2, 0.25) is 0 Å². The van der Waals surface area contributed by atoms with Gasteiger partial charge in [0.15, 0.2) is 0 Å². The van der Waals surface area contributed by atoms with Crippen molar-refractivity contribution in [3.63, 3.8) is 0 Å². The molecule has 0 spiro atoms. The number of amides is 1. The monoisotopic (exact) mass is 547 g/mol. The van der Waals surface area contributed by atoms with E-state index in [-0.39, 0.29) is 24.9 Å². The molecule has 38 heavy (non-hydrogen) atoms. The van der Waals surface area contributed by atoms with Crippen molar-refractivity contribution in [3.8, 4) is 0 Å². The molecule has 226 valence electrons. The highest BCUT2D eigenvalue weighted by atomic mass is 16.6. The van der Waals surface area contributed by atoms with Gasteiger partial charge in [-0.2, -0.15) is 0 Å². The van der Waals surface area contributed by atoms with Crippen LogP contribution in [0.15, 0.2) is 0 Å². The number of hydrogen-bond donors (Lipinski definition) is 7. The molecule has 1 rings (SSSR count). The molecule has 9 nitrogen and oxygen atoms in total. The Hall–Kier alpha value is -0.970. The van der Waals surface area contributed by atoms with Crippen molar-refractivity contribution in [3.05, 3.63) is 0 Å². The first-order valence-corrected chi connectivity index (χ1v) is 14.2. The molecule has 8 atom stereocenters. The van der Waals surface area contributed by atoms with Gasteiger partial charge in [0.25, 0.3) is 0 Å². The van der Waals surface area contributed by atoms with Crippen LogP contribution in [0.2, 0.25) is 0 Å². The van der Waals surface area contributed by atoms with Gasteiger partial charge in [-0.3, -0.25) is 0 Å². The predicted octanol–water partition coefficient (Wildman–Crippen LogP) is 2.97. The summed E-state index contributed by atoms with van der Waals surface area (Å²) >= 11 is 0. The average Bonchev–Trinajstić information content (AvgIpc) is 2.72. The van der Waals surface area contributed by atoms with Gasteiger partial charge in [0, 0.05) is 18.9 Å². The fourth-order valence-corrected chi connectivity index (χ4v) is 6.30. The van der Waals surface area contributed by atoms with E-state index < -0.39 is 65.5 Å². The number of aliphatic hydroxyl groups excluding tert-OH is 6. The number of ether oxygens (including phenoxy) is 1. The zero-order valence-electron chi connectivity index (χ0n) is 25.1. The maximum Gasteiger partial charge on any atom is 0.407 e. The number of alkyl carbamates (subject to hydrolysis) is 1. The summed E-state index contributed by atoms with van der Waals surface area (Å²) in [5.41, 5.74) is -1.26. The molecule has 7 N–H and O–H groups in total. The van der Waals surface area contributed by atoms with Crippen LogP contribution in [0.5, 0.6) is 0 Å². The quantitative estimate of drug-likeness (QED) is 0.185. The number of rotatable bonds is 13. The van der Waals surface area contributed by atoms with Crippen molar-refractivity contribution in [2.24, 2.45) is 28.6 Å². The van der Waals surface area contributed by atoms with E-state index in [1.165, 1.54) is 0 Å². The smallest absolute Gasteiger partial charge is 0.407 e. The van der Waals surface area contributed by atoms with Crippen LogP contribution < -0.4 is 5.32 Å². The van der Waals surface area contributed by atoms with E-state index in [4.69, 9.17) is 4.74 Å². The van der Waals surface area contributed by atoms with Crippen LogP contribution in [0, 0.1) is 28.6 Å². The van der Waals surface area contributed by atoms with E-state index in [0.29, 0.717) is 25.2 Å². The molecule has 0 aromatic carbocycles. The van der Waals surface area contributed by atoms with Crippen molar-refractivity contribution in [2.75, 3.05) is 6.61 Å². The molecule has 1 amide bonds. The van der Waals surface area contributed by atoms with Gasteiger partial charge in [0.1, 0.15) is 11.7 Å². The molecule has 0 bridgehead atoms. The molecule has 1 saturated carbocycles. The Morgan fingerprint density at radius 3 is 2.00 bits per heavy atom. The Morgan fingerprint density at radius 2 is 1.50 bits per heavy atom. The molecular formula is C29H57NO8. The van der Waals surface area contributed by atoms with Gasteiger partial charge < -0.3 is 40.7 Å². The lowest BCUT2D eigenvalue weighted by Crippen LogP contribution is -2.53. The first-order chi connectivity index (χ1) is 17.2. The van der Waals surface area contributed by atoms with E-state index in [9.17, 15) is 35.4 Å². The lowest BCUT2D eigenvalue weighted by Gasteiger charge is -2.41. The Kier molecular flexibility index (Phi) is 13.0. The third-order valence-electron chi connectivity index (χ3n) is 7.75. The van der Waals surface area contributed by atoms with Crippen LogP contribution in [-0.4, -0.2) is 85.5 Å². The highest BCUT2D eigenvalue weighted by Crippen LogP contribution is 2.35. The molecule has 1 aliphatic rings. The highest BCUT2D eigenvalue weighted by Gasteiger charge is 2.43. The fraction of sp³-hybridized carbons (Fsp3) is 0.966. The average molecular weight is 548 g/mol. The summed E-state index contributed by atoms with van der Waals surface area (Å²) in [4.78, 5) is 12.9. The van der Waals surface area contributed by atoms with Crippen molar-refractivity contribution in [1.82, 2.24) is 5.32 Å². The first kappa shape index (κ1) is 35.1. The zero-order valence-corrected chi connectivity index (χ0v) is 25.1. The molecule has 0 aliphatic heterocycles. The molecule has 0 aromatic heterocycles. The number of carbonyl (C=O) groups is 1. The second-order valence-corrected chi connectivity index (χ2v) is 14.5. The van der Waals surface area contributed by atoms with Gasteiger partial charge in [0.05, 0.1) is 30.5 Å². The van der Waals surface area contributed by atoms with E-state index >= 15 is 0 Å². The predicted molar refractivity (Wildman–Crippen MR) is 147 cm³/mol. The summed E-state index contributed by atoms with van der Waals surface area (Å²) in [6, 6.07) is -0.777. The molecular weight excluding hydrogens is 490 g/mol. The van der Waals surface area contributed by atoms with E-state index in [1.54, 1.807) is 0 Å². The molecule has 9 heteroatoms. The first-order valence-electron chi connectivity index (χ1n) is 14.2. The molecule has 1 fully saturated rings. The number of aliphatic hydroxyl groups is 6. The van der Waals surface area contributed by atoms with Crippen molar-refractivity contribution < 1.29 is 40.2 Å². The second kappa shape index (κ2) is 14.1. The van der Waals surface area contributed by atoms with Crippen molar-refractivity contribution in [1.29, 1.82) is 0 Å². The van der Waals surface area contributed by atoms with Crippen molar-refractivity contribution >= 4 is 6.09 Å². The maximum atomic E-state index is 12.9. The molecule has 0 saturated heterocycles. The normalized spacial score (nSPS) is 27.6. The van der Waals surface area contributed by atoms with Crippen LogP contribution >= 0.6 is 0 Å². The summed E-state index contributed by atoms with van der Waals surface area (Å²) in [7, 11) is 0. The standard InChI is InChI=1S/C29H57NO8/c1-17(2)14-28(6,7)22(33)13-21(32)20(30-26(37)38-29(8,9)16-27(3,4)5)11-10-18-12-19(15-31)24(35)25(36)23(18)34/h17-25,31-36H,10-16H2,1-9H3,(H,30,37). The minimum atomic E-state index is -1.39. The summed E-state index contributed by atoms with van der Waals surface area (Å²) < 4.78 is 5.72. The van der Waals surface area contributed by atoms with Crippen LogP contribution in [-0.2, 0) is 4.74 Å². The van der Waals surface area contributed by atoms with Crippen LogP contribution in [0.4, 0.5) is 4.79 Å². The van der Waals surface area contributed by atoms with E-state index in [0.717, 1.165) is 6.42 Å². The molecule has 8 unspecified atom stereocenters. The van der Waals surface area contributed by atoms with Crippen LogP contribution in [0.25, 0.3) is 0 Å². The largest absolute Gasteiger partial charge is 0.444 e. The Balaban J connectivity index is 3.03. The van der Waals surface area contributed by atoms with Crippen LogP contribution in [0.3, 0.4) is 0 Å². The van der Waals surface area contributed by atoms with Crippen LogP contribution in [0.1, 0.15) is 101 Å². The molecule has 0 heterocycles. The molecule has 0 radical (unpaired) electrons. The minimum Gasteiger partial charge on any atom is -0.444 e. The maximum absolute atomic E-state index is 12.9. The van der Waals surface area contributed by atoms with Gasteiger partial charge in [-0.15, -0.1) is 0 Å². The van der Waals surface area contributed by atoms with E-state index in [2.05, 4.69) is 39.9 Å². The lowest BCUT2D eigenvalue weighted by atomic mass is 9.73. The zero-order chi connectivity index (χ0) is 29.6. The topological polar surface area (TPSA) is 160 Å². The van der Waals surface area contributed by atoms with Gasteiger partial charge in [-0.25, -0.2) is 4.79 Å². The fourth-order valence-electron chi connectivity index (χ4n) is 6.30. The number of nitrogens with one attached hydrogen (secondary N) is 1. The minimum absolute atomic E-state index is 0.0455. The lowest BCUT2D eigenvalue weighted by molar-refractivity contribution is -0.143. The molecule has 1 aliphatic carbocycles. The van der Waals surface area contributed by atoms with Gasteiger partial charge in [-0.1, -0.05) is 48.5 Å². The SMILES string of the molecule is CC(C)CC(C)(C)C(O)CC(O)C(CCC1CC(CO)C(O)C(O)C1O)NC(=O)OC(C)(C)CC(C)(C)C. The Labute approximate surface area is 230 Å². The summed E-state index contributed by atoms with van der Waals surface area (Å²) in [6.07, 6.45) is -4.07. The summed E-state index contributed by atoms with van der Waals surface area (Å²) in [5.74, 6) is -0.658. The second-order valence-electron chi connectivity index (χ2n) is 14.5. The van der Waals surface area contributed by atoms with Gasteiger partial charge >= 0.3 is 6.09 Å². The third kappa shape index (κ3) is 11.3. The molecule has 0 aromatic rings. The Bertz CT molecular complexity index is 718. The third-order valence-corrected chi connectivity index (χ3v) is 7.75. The summed E-state index contributed by atoms with van der Waals surface area (Å²) in [6.45, 7) is 17.6. The number of carbonyl (C=O) groups excluding carboxylic acids is 1. The van der Waals surface area contributed by atoms with Crippen molar-refractivity contribution in [2.45, 2.75) is 143 Å². The number of hydrogen-bond acceptors (Lipinski definition) is 8. The summed E-state index contributed by atoms with van der Waals surface area (Å²) in [5, 5.41) is 65.4. The highest BCUT2D eigenvalue weighted by molar-refractivity contribution is 5.68. The van der Waals surface area contributed by atoms with Gasteiger partial charge in [-0.05, 0) is 68.6 Å².